The predicted octanol–water partition coefficient (Wildman–Crippen LogP) is 4.12. The highest BCUT2D eigenvalue weighted by atomic mass is 35.5. The summed E-state index contributed by atoms with van der Waals surface area (Å²) in [6.45, 7) is 3.83. The van der Waals surface area contributed by atoms with Gasteiger partial charge in [0, 0.05) is 11.4 Å². The summed E-state index contributed by atoms with van der Waals surface area (Å²) in [4.78, 5) is 10.2. The van der Waals surface area contributed by atoms with Crippen LogP contribution >= 0.6 is 23.2 Å². The van der Waals surface area contributed by atoms with Gasteiger partial charge in [-0.1, -0.05) is 18.5 Å². The van der Waals surface area contributed by atoms with Gasteiger partial charge in [0.2, 0.25) is 0 Å². The van der Waals surface area contributed by atoms with E-state index in [1.54, 1.807) is 6.07 Å². The molecule has 0 saturated heterocycles. The third-order valence-corrected chi connectivity index (χ3v) is 3.25. The Morgan fingerprint density at radius 2 is 2.12 bits per heavy atom. The van der Waals surface area contributed by atoms with Gasteiger partial charge >= 0.3 is 0 Å². The fourth-order valence-corrected chi connectivity index (χ4v) is 1.87. The summed E-state index contributed by atoms with van der Waals surface area (Å²) in [6, 6.07) is 3.14. The van der Waals surface area contributed by atoms with Gasteiger partial charge in [0.15, 0.2) is 0 Å². The lowest BCUT2D eigenvalue weighted by atomic mass is 10.0. The van der Waals surface area contributed by atoms with Crippen molar-refractivity contribution in [1.82, 2.24) is 0 Å². The number of hydrogen-bond acceptors (Lipinski definition) is 2. The van der Waals surface area contributed by atoms with Crippen molar-refractivity contribution in [3.05, 3.63) is 38.4 Å². The molecule has 0 heterocycles. The SMILES string of the molecule is CCC(Cl)Cc1cc(Cl)c([N+](=O)[O-])cc1C. The molecule has 1 rings (SSSR count). The van der Waals surface area contributed by atoms with Gasteiger partial charge in [-0.25, -0.2) is 0 Å². The van der Waals surface area contributed by atoms with Crippen LogP contribution in [0.25, 0.3) is 0 Å². The quantitative estimate of drug-likeness (QED) is 0.465. The van der Waals surface area contributed by atoms with E-state index >= 15 is 0 Å². The molecule has 1 atom stereocenters. The molecule has 1 aromatic carbocycles. The molecule has 16 heavy (non-hydrogen) atoms. The van der Waals surface area contributed by atoms with Gasteiger partial charge in [0.05, 0.1) is 4.92 Å². The van der Waals surface area contributed by atoms with E-state index in [0.717, 1.165) is 17.5 Å². The van der Waals surface area contributed by atoms with E-state index in [1.807, 2.05) is 13.8 Å². The van der Waals surface area contributed by atoms with Crippen molar-refractivity contribution >= 4 is 28.9 Å². The van der Waals surface area contributed by atoms with Gasteiger partial charge in [-0.15, -0.1) is 11.6 Å². The zero-order valence-electron chi connectivity index (χ0n) is 9.17. The van der Waals surface area contributed by atoms with E-state index in [2.05, 4.69) is 0 Å². The molecule has 5 heteroatoms. The molecule has 1 unspecified atom stereocenters. The third-order valence-electron chi connectivity index (χ3n) is 2.49. The van der Waals surface area contributed by atoms with Gasteiger partial charge in [0.1, 0.15) is 5.02 Å². The number of aryl methyl sites for hydroxylation is 1. The van der Waals surface area contributed by atoms with E-state index in [1.165, 1.54) is 6.07 Å². The standard InChI is InChI=1S/C11H13Cl2NO2/c1-3-9(12)5-8-6-10(13)11(14(15)16)4-7(8)2/h4,6,9H,3,5H2,1-2H3. The second kappa shape index (κ2) is 5.51. The molecule has 0 aliphatic carbocycles. The van der Waals surface area contributed by atoms with Gasteiger partial charge in [0.25, 0.3) is 5.69 Å². The Bertz CT molecular complexity index is 407. The van der Waals surface area contributed by atoms with Crippen LogP contribution in [0.5, 0.6) is 0 Å². The summed E-state index contributed by atoms with van der Waals surface area (Å²) >= 11 is 11.9. The molecule has 1 aromatic rings. The summed E-state index contributed by atoms with van der Waals surface area (Å²) < 4.78 is 0. The van der Waals surface area contributed by atoms with Crippen LogP contribution in [0.15, 0.2) is 12.1 Å². The van der Waals surface area contributed by atoms with Crippen LogP contribution in [-0.4, -0.2) is 10.3 Å². The zero-order chi connectivity index (χ0) is 12.3. The van der Waals surface area contributed by atoms with Crippen molar-refractivity contribution in [2.24, 2.45) is 0 Å². The highest BCUT2D eigenvalue weighted by Crippen LogP contribution is 2.29. The number of halogens is 2. The van der Waals surface area contributed by atoms with Crippen molar-refractivity contribution in [1.29, 1.82) is 0 Å². The number of rotatable bonds is 4. The second-order valence-corrected chi connectivity index (χ2v) is 4.72. The maximum absolute atomic E-state index is 10.7. The van der Waals surface area contributed by atoms with E-state index < -0.39 is 4.92 Å². The molecule has 0 aliphatic heterocycles. The largest absolute Gasteiger partial charge is 0.288 e. The van der Waals surface area contributed by atoms with Crippen molar-refractivity contribution in [3.63, 3.8) is 0 Å². The Balaban J connectivity index is 3.05. The summed E-state index contributed by atoms with van der Waals surface area (Å²) in [7, 11) is 0. The Morgan fingerprint density at radius 3 is 2.62 bits per heavy atom. The molecule has 0 aliphatic rings. The van der Waals surface area contributed by atoms with Crippen LogP contribution in [0, 0.1) is 17.0 Å². The summed E-state index contributed by atoms with van der Waals surface area (Å²) in [5, 5.41) is 10.9. The van der Waals surface area contributed by atoms with Crippen molar-refractivity contribution in [2.45, 2.75) is 32.1 Å². The lowest BCUT2D eigenvalue weighted by Crippen LogP contribution is -2.03. The minimum absolute atomic E-state index is 0.0382. The Kier molecular flexibility index (Phi) is 4.56. The number of nitrogens with zero attached hydrogens (tertiary/aromatic N) is 1. The second-order valence-electron chi connectivity index (χ2n) is 3.70. The van der Waals surface area contributed by atoms with Crippen LogP contribution in [0.2, 0.25) is 5.02 Å². The Labute approximate surface area is 105 Å². The van der Waals surface area contributed by atoms with Gasteiger partial charge in [-0.2, -0.15) is 0 Å². The first kappa shape index (κ1) is 13.3. The summed E-state index contributed by atoms with van der Waals surface area (Å²) in [5.74, 6) is 0. The molecule has 88 valence electrons. The number of benzene rings is 1. The van der Waals surface area contributed by atoms with Crippen LogP contribution in [0.1, 0.15) is 24.5 Å². The number of alkyl halides is 1. The molecule has 0 radical (unpaired) electrons. The average molecular weight is 262 g/mol. The minimum atomic E-state index is -0.475. The predicted molar refractivity (Wildman–Crippen MR) is 66.5 cm³/mol. The summed E-state index contributed by atoms with van der Waals surface area (Å²) in [5.41, 5.74) is 1.78. The van der Waals surface area contributed by atoms with Crippen LogP contribution < -0.4 is 0 Å². The van der Waals surface area contributed by atoms with Gasteiger partial charge in [-0.05, 0) is 37.0 Å². The monoisotopic (exact) mass is 261 g/mol. The van der Waals surface area contributed by atoms with Crippen molar-refractivity contribution in [3.8, 4) is 0 Å². The first-order chi connectivity index (χ1) is 7.45. The normalized spacial score (nSPS) is 12.5. The van der Waals surface area contributed by atoms with Gasteiger partial charge < -0.3 is 0 Å². The van der Waals surface area contributed by atoms with E-state index in [9.17, 15) is 10.1 Å². The molecule has 0 spiro atoms. The van der Waals surface area contributed by atoms with Crippen LogP contribution in [0.3, 0.4) is 0 Å². The third kappa shape index (κ3) is 3.09. The molecule has 0 amide bonds. The lowest BCUT2D eigenvalue weighted by Gasteiger charge is -2.10. The van der Waals surface area contributed by atoms with Crippen LogP contribution in [0.4, 0.5) is 5.69 Å². The molecule has 0 aromatic heterocycles. The smallest absolute Gasteiger partial charge is 0.258 e. The molecule has 0 N–H and O–H groups in total. The number of nitro groups is 1. The van der Waals surface area contributed by atoms with E-state index in [0.29, 0.717) is 6.42 Å². The highest BCUT2D eigenvalue weighted by Gasteiger charge is 2.16. The first-order valence-corrected chi connectivity index (χ1v) is 5.84. The maximum Gasteiger partial charge on any atom is 0.288 e. The number of hydrogen-bond donors (Lipinski definition) is 0. The van der Waals surface area contributed by atoms with Crippen LogP contribution in [-0.2, 0) is 6.42 Å². The fourth-order valence-electron chi connectivity index (χ4n) is 1.45. The topological polar surface area (TPSA) is 43.1 Å². The Morgan fingerprint density at radius 1 is 1.50 bits per heavy atom. The number of nitro benzene ring substituents is 1. The molecular formula is C11H13Cl2NO2. The molecule has 0 fully saturated rings. The first-order valence-electron chi connectivity index (χ1n) is 5.03. The van der Waals surface area contributed by atoms with Gasteiger partial charge in [-0.3, -0.25) is 10.1 Å². The molecule has 3 nitrogen and oxygen atoms in total. The summed E-state index contributed by atoms with van der Waals surface area (Å²) in [6.07, 6.45) is 1.54. The Hall–Kier alpha value is -0.800. The molecule has 0 saturated carbocycles. The zero-order valence-corrected chi connectivity index (χ0v) is 10.7. The van der Waals surface area contributed by atoms with E-state index in [-0.39, 0.29) is 16.1 Å². The van der Waals surface area contributed by atoms with Crippen molar-refractivity contribution < 1.29 is 4.92 Å². The highest BCUT2D eigenvalue weighted by molar-refractivity contribution is 6.32. The van der Waals surface area contributed by atoms with E-state index in [4.69, 9.17) is 23.2 Å². The fraction of sp³-hybridized carbons (Fsp3) is 0.455. The molecular weight excluding hydrogens is 249 g/mol. The maximum atomic E-state index is 10.7. The van der Waals surface area contributed by atoms with Crippen molar-refractivity contribution in [2.75, 3.05) is 0 Å². The lowest BCUT2D eigenvalue weighted by molar-refractivity contribution is -0.384. The molecule has 0 bridgehead atoms. The average Bonchev–Trinajstić information content (AvgIpc) is 2.22. The minimum Gasteiger partial charge on any atom is -0.258 e.